The number of fused-ring (bicyclic) bond motifs is 5. The number of amides is 2. The number of cyclic esters (lactones) is 1. The number of hydrogen-bond donors (Lipinski definition) is 3. The highest BCUT2D eigenvalue weighted by Gasteiger charge is 2.46. The summed E-state index contributed by atoms with van der Waals surface area (Å²) in [7, 11) is 0. The molecule has 3 aliphatic rings. The van der Waals surface area contributed by atoms with Crippen LogP contribution in [0.25, 0.3) is 22.3 Å². The number of hydrogen-bond acceptors (Lipinski definition) is 7. The van der Waals surface area contributed by atoms with Gasteiger partial charge in [-0.15, -0.1) is 0 Å². The number of alkyl halides is 3. The standard InChI is InChI=1S/C34H27ClF4N4O6/c1-3-33(48)20-10-25-29-18(12-43(25)30(45)19(20)13-49-32(33)47)28-23(7-6-17-14(2)22(36)11-24(42-29)27(17)28)41-26(44)8-15-4-5-16(9-21(15)35)40-31(46)34(37,38)39/h4-5,9-11,23,48H,3,6-8,12-13H2,1-2H3,(H,40,46)(H,41,44)/t23-,33-/m0/s1. The number of aryl methyl sites for hydroxylation is 1. The molecule has 0 unspecified atom stereocenters. The lowest BCUT2D eigenvalue weighted by Gasteiger charge is -2.31. The second-order valence-electron chi connectivity index (χ2n) is 12.4. The number of anilines is 1. The van der Waals surface area contributed by atoms with Crippen molar-refractivity contribution in [3.63, 3.8) is 0 Å². The lowest BCUT2D eigenvalue weighted by Crippen LogP contribution is -2.44. The Kier molecular flexibility index (Phi) is 7.59. The molecule has 0 radical (unpaired) electrons. The molecule has 4 heterocycles. The van der Waals surface area contributed by atoms with Crippen molar-refractivity contribution in [2.24, 2.45) is 0 Å². The van der Waals surface area contributed by atoms with E-state index in [9.17, 15) is 37.5 Å². The van der Waals surface area contributed by atoms with E-state index < -0.39 is 47.0 Å². The van der Waals surface area contributed by atoms with E-state index in [1.165, 1.54) is 22.8 Å². The molecule has 0 bridgehead atoms. The van der Waals surface area contributed by atoms with E-state index in [1.807, 2.05) is 0 Å². The summed E-state index contributed by atoms with van der Waals surface area (Å²) in [5, 5.41) is 16.6. The molecule has 0 fully saturated rings. The minimum Gasteiger partial charge on any atom is -0.458 e. The Morgan fingerprint density at radius 2 is 1.92 bits per heavy atom. The van der Waals surface area contributed by atoms with E-state index in [1.54, 1.807) is 25.2 Å². The lowest BCUT2D eigenvalue weighted by molar-refractivity contribution is -0.172. The highest BCUT2D eigenvalue weighted by Crippen LogP contribution is 2.46. The van der Waals surface area contributed by atoms with Crippen molar-refractivity contribution in [1.82, 2.24) is 14.9 Å². The van der Waals surface area contributed by atoms with Gasteiger partial charge in [0.25, 0.3) is 5.56 Å². The second kappa shape index (κ2) is 11.4. The number of nitrogens with one attached hydrogen (secondary N) is 2. The lowest BCUT2D eigenvalue weighted by atomic mass is 9.81. The number of halogens is 5. The zero-order valence-electron chi connectivity index (χ0n) is 26.0. The van der Waals surface area contributed by atoms with Gasteiger partial charge in [0.2, 0.25) is 5.91 Å². The molecule has 15 heteroatoms. The number of carbonyl (C=O) groups is 3. The van der Waals surface area contributed by atoms with E-state index in [2.05, 4.69) is 5.32 Å². The largest absolute Gasteiger partial charge is 0.471 e. The molecule has 0 spiro atoms. The number of ether oxygens (including phenoxy) is 1. The average molecular weight is 699 g/mol. The zero-order valence-corrected chi connectivity index (χ0v) is 26.7. The Balaban J connectivity index is 1.28. The molecule has 3 N–H and O–H groups in total. The highest BCUT2D eigenvalue weighted by molar-refractivity contribution is 6.32. The molecule has 254 valence electrons. The summed E-state index contributed by atoms with van der Waals surface area (Å²) in [4.78, 5) is 56.0. The van der Waals surface area contributed by atoms with Crippen molar-refractivity contribution in [2.45, 2.75) is 70.5 Å². The third-order valence-electron chi connectivity index (χ3n) is 9.63. The van der Waals surface area contributed by atoms with Crippen LogP contribution in [0.2, 0.25) is 5.02 Å². The van der Waals surface area contributed by atoms with Gasteiger partial charge in [-0.3, -0.25) is 14.4 Å². The summed E-state index contributed by atoms with van der Waals surface area (Å²) in [6.45, 7) is 3.02. The summed E-state index contributed by atoms with van der Waals surface area (Å²) < 4.78 is 59.8. The SMILES string of the molecule is CC[C@@]1(O)C(=O)OCc2c1cc1n(c2=O)Cc2c-1nc1cc(F)c(C)c3c1c2[C@@H](NC(=O)Cc1ccc(NC(=O)C(F)(F)F)cc1Cl)CC3. The molecule has 7 rings (SSSR count). The van der Waals surface area contributed by atoms with E-state index >= 15 is 4.39 Å². The van der Waals surface area contributed by atoms with E-state index in [0.29, 0.717) is 57.4 Å². The van der Waals surface area contributed by atoms with Crippen LogP contribution < -0.4 is 16.2 Å². The normalized spacial score (nSPS) is 19.2. The van der Waals surface area contributed by atoms with Crippen LogP contribution in [0.4, 0.5) is 23.2 Å². The number of aliphatic hydroxyl groups is 1. The number of pyridine rings is 2. The quantitative estimate of drug-likeness (QED) is 0.173. The van der Waals surface area contributed by atoms with Crippen molar-refractivity contribution in [2.75, 3.05) is 5.32 Å². The summed E-state index contributed by atoms with van der Waals surface area (Å²) >= 11 is 6.28. The Morgan fingerprint density at radius 1 is 1.16 bits per heavy atom. The molecule has 2 aromatic carbocycles. The van der Waals surface area contributed by atoms with E-state index in [-0.39, 0.29) is 47.8 Å². The van der Waals surface area contributed by atoms with E-state index in [4.69, 9.17) is 21.3 Å². The molecule has 2 aromatic heterocycles. The molecular formula is C34H27ClF4N4O6. The van der Waals surface area contributed by atoms with Crippen molar-refractivity contribution in [1.29, 1.82) is 0 Å². The number of carbonyl (C=O) groups excluding carboxylic acids is 3. The smallest absolute Gasteiger partial charge is 0.458 e. The van der Waals surface area contributed by atoms with Gasteiger partial charge < -0.3 is 25.0 Å². The van der Waals surface area contributed by atoms with Crippen LogP contribution in [0, 0.1) is 12.7 Å². The summed E-state index contributed by atoms with van der Waals surface area (Å²) in [6.07, 6.45) is -4.58. The fourth-order valence-corrected chi connectivity index (χ4v) is 7.34. The van der Waals surface area contributed by atoms with Gasteiger partial charge in [0.15, 0.2) is 5.60 Å². The molecule has 4 aromatic rings. The predicted molar refractivity (Wildman–Crippen MR) is 168 cm³/mol. The van der Waals surface area contributed by atoms with Crippen molar-refractivity contribution >= 4 is 46.0 Å². The van der Waals surface area contributed by atoms with Gasteiger partial charge >= 0.3 is 18.1 Å². The van der Waals surface area contributed by atoms with E-state index in [0.717, 1.165) is 11.6 Å². The van der Waals surface area contributed by atoms with Crippen LogP contribution in [0.5, 0.6) is 0 Å². The Bertz CT molecular complexity index is 2220. The van der Waals surface area contributed by atoms with Gasteiger partial charge in [-0.2, -0.15) is 13.2 Å². The molecule has 2 atom stereocenters. The molecule has 10 nitrogen and oxygen atoms in total. The predicted octanol–water partition coefficient (Wildman–Crippen LogP) is 5.03. The number of rotatable bonds is 5. The minimum absolute atomic E-state index is 0.0318. The Labute approximate surface area is 280 Å². The third kappa shape index (κ3) is 5.16. The maximum Gasteiger partial charge on any atom is 0.471 e. The first-order valence-corrected chi connectivity index (χ1v) is 15.8. The fraction of sp³-hybridized carbons (Fsp3) is 0.324. The first-order valence-electron chi connectivity index (χ1n) is 15.4. The van der Waals surface area contributed by atoms with Crippen LogP contribution in [0.15, 0.2) is 35.1 Å². The minimum atomic E-state index is -5.09. The van der Waals surface area contributed by atoms with Gasteiger partial charge in [0.05, 0.1) is 41.5 Å². The summed E-state index contributed by atoms with van der Waals surface area (Å²) in [5.74, 6) is -3.95. The highest BCUT2D eigenvalue weighted by atomic mass is 35.5. The first-order chi connectivity index (χ1) is 23.1. The molecular weight excluding hydrogens is 672 g/mol. The maximum atomic E-state index is 15.2. The summed E-state index contributed by atoms with van der Waals surface area (Å²) in [5.41, 5.74) is 1.34. The van der Waals surface area contributed by atoms with Crippen LogP contribution >= 0.6 is 11.6 Å². The third-order valence-corrected chi connectivity index (χ3v) is 9.98. The maximum absolute atomic E-state index is 15.2. The number of benzene rings is 2. The van der Waals surface area contributed by atoms with Gasteiger partial charge in [0, 0.05) is 33.3 Å². The van der Waals surface area contributed by atoms with Gasteiger partial charge in [-0.25, -0.2) is 14.2 Å². The number of aromatic nitrogens is 2. The monoisotopic (exact) mass is 698 g/mol. The second-order valence-corrected chi connectivity index (χ2v) is 12.8. The van der Waals surface area contributed by atoms with Gasteiger partial charge in [-0.1, -0.05) is 24.6 Å². The first kappa shape index (κ1) is 32.7. The topological polar surface area (TPSA) is 140 Å². The van der Waals surface area contributed by atoms with Gasteiger partial charge in [0.1, 0.15) is 12.4 Å². The molecule has 1 aliphatic carbocycles. The van der Waals surface area contributed by atoms with Crippen molar-refractivity contribution in [3.8, 4) is 11.4 Å². The summed E-state index contributed by atoms with van der Waals surface area (Å²) in [6, 6.07) is 5.93. The Hall–Kier alpha value is -4.82. The molecule has 0 saturated carbocycles. The van der Waals surface area contributed by atoms with Crippen molar-refractivity contribution in [3.05, 3.63) is 90.5 Å². The molecule has 2 amide bonds. The average Bonchev–Trinajstić information content (AvgIpc) is 3.41. The van der Waals surface area contributed by atoms with Crippen LogP contribution in [-0.2, 0) is 50.7 Å². The van der Waals surface area contributed by atoms with Crippen LogP contribution in [0.1, 0.15) is 64.8 Å². The zero-order chi connectivity index (χ0) is 35.2. The van der Waals surface area contributed by atoms with Crippen molar-refractivity contribution < 1.29 is 41.8 Å². The number of nitrogens with zero attached hydrogens (tertiary/aromatic N) is 2. The Morgan fingerprint density at radius 3 is 2.61 bits per heavy atom. The van der Waals surface area contributed by atoms with Crippen LogP contribution in [-0.4, -0.2) is 38.6 Å². The van der Waals surface area contributed by atoms with Crippen LogP contribution in [0.3, 0.4) is 0 Å². The number of esters is 1. The van der Waals surface area contributed by atoms with Gasteiger partial charge in [-0.05, 0) is 66.6 Å². The molecule has 2 aliphatic heterocycles. The molecule has 49 heavy (non-hydrogen) atoms. The fourth-order valence-electron chi connectivity index (χ4n) is 7.09. The molecule has 0 saturated heterocycles.